The molecule has 1 aliphatic rings. The van der Waals surface area contributed by atoms with Gasteiger partial charge in [0, 0.05) is 18.2 Å². The van der Waals surface area contributed by atoms with Crippen LogP contribution in [-0.2, 0) is 4.74 Å². The quantitative estimate of drug-likeness (QED) is 0.841. The second-order valence-corrected chi connectivity index (χ2v) is 4.09. The molecule has 1 saturated carbocycles. The minimum atomic E-state index is 0.0144. The van der Waals surface area contributed by atoms with Crippen LogP contribution < -0.4 is 5.32 Å². The van der Waals surface area contributed by atoms with E-state index in [4.69, 9.17) is 4.74 Å². The Morgan fingerprint density at radius 3 is 2.69 bits per heavy atom. The van der Waals surface area contributed by atoms with E-state index in [1.807, 2.05) is 37.3 Å². The van der Waals surface area contributed by atoms with Crippen LogP contribution in [0.3, 0.4) is 0 Å². The van der Waals surface area contributed by atoms with Gasteiger partial charge in [-0.1, -0.05) is 18.2 Å². The van der Waals surface area contributed by atoms with Crippen molar-refractivity contribution in [1.29, 1.82) is 0 Å². The van der Waals surface area contributed by atoms with E-state index in [0.29, 0.717) is 6.10 Å². The number of rotatable bonds is 4. The predicted octanol–water partition coefficient (Wildman–Crippen LogP) is 1.98. The lowest BCUT2D eigenvalue weighted by atomic mass is 9.89. The lowest BCUT2D eigenvalue weighted by Gasteiger charge is -2.35. The molecule has 3 nitrogen and oxygen atoms in total. The molecule has 0 heterocycles. The Bertz CT molecular complexity index is 344. The van der Waals surface area contributed by atoms with E-state index in [1.54, 1.807) is 0 Å². The van der Waals surface area contributed by atoms with E-state index in [9.17, 15) is 4.79 Å². The third-order valence-corrected chi connectivity index (χ3v) is 2.87. The van der Waals surface area contributed by atoms with Gasteiger partial charge in [0.2, 0.25) is 0 Å². The normalized spacial score (nSPS) is 23.6. The van der Waals surface area contributed by atoms with Crippen LogP contribution in [0.2, 0.25) is 0 Å². The smallest absolute Gasteiger partial charge is 0.251 e. The summed E-state index contributed by atoms with van der Waals surface area (Å²) in [4.78, 5) is 11.8. The number of ether oxygens (including phenoxy) is 1. The van der Waals surface area contributed by atoms with Crippen LogP contribution in [0, 0.1) is 0 Å². The second kappa shape index (κ2) is 5.12. The summed E-state index contributed by atoms with van der Waals surface area (Å²) in [5.74, 6) is 0.0144. The Kier molecular flexibility index (Phi) is 3.57. The van der Waals surface area contributed by atoms with Crippen LogP contribution in [0.15, 0.2) is 30.3 Å². The molecule has 86 valence electrons. The van der Waals surface area contributed by atoms with Gasteiger partial charge in [0.25, 0.3) is 5.91 Å². The monoisotopic (exact) mass is 219 g/mol. The van der Waals surface area contributed by atoms with E-state index in [-0.39, 0.29) is 11.9 Å². The molecule has 0 bridgehead atoms. The van der Waals surface area contributed by atoms with Crippen molar-refractivity contribution in [3.63, 3.8) is 0 Å². The molecule has 1 aromatic rings. The zero-order valence-electron chi connectivity index (χ0n) is 9.48. The Morgan fingerprint density at radius 1 is 1.38 bits per heavy atom. The van der Waals surface area contributed by atoms with Gasteiger partial charge in [0.05, 0.1) is 6.10 Å². The first-order valence-electron chi connectivity index (χ1n) is 5.77. The summed E-state index contributed by atoms with van der Waals surface area (Å²) in [5.41, 5.74) is 0.724. The molecule has 1 fully saturated rings. The van der Waals surface area contributed by atoms with E-state index in [1.165, 1.54) is 0 Å². The fraction of sp³-hybridized carbons (Fsp3) is 0.462. The molecule has 0 unspecified atom stereocenters. The summed E-state index contributed by atoms with van der Waals surface area (Å²) in [5, 5.41) is 3.00. The van der Waals surface area contributed by atoms with Crippen molar-refractivity contribution in [2.75, 3.05) is 6.61 Å². The third-order valence-electron chi connectivity index (χ3n) is 2.87. The topological polar surface area (TPSA) is 38.3 Å². The minimum Gasteiger partial charge on any atom is -0.378 e. The Hall–Kier alpha value is -1.35. The van der Waals surface area contributed by atoms with Gasteiger partial charge < -0.3 is 10.1 Å². The van der Waals surface area contributed by atoms with Gasteiger partial charge in [0.15, 0.2) is 0 Å². The zero-order valence-corrected chi connectivity index (χ0v) is 9.48. The Labute approximate surface area is 95.8 Å². The molecule has 1 aromatic carbocycles. The Morgan fingerprint density at radius 2 is 2.06 bits per heavy atom. The highest BCUT2D eigenvalue weighted by Gasteiger charge is 2.30. The van der Waals surface area contributed by atoms with Crippen LogP contribution >= 0.6 is 0 Å². The van der Waals surface area contributed by atoms with E-state index >= 15 is 0 Å². The predicted molar refractivity (Wildman–Crippen MR) is 62.3 cm³/mol. The number of hydrogen-bond donors (Lipinski definition) is 1. The average molecular weight is 219 g/mol. The zero-order chi connectivity index (χ0) is 11.4. The van der Waals surface area contributed by atoms with E-state index in [2.05, 4.69) is 5.32 Å². The molecule has 1 amide bonds. The summed E-state index contributed by atoms with van der Waals surface area (Å²) in [6.07, 6.45) is 2.21. The molecule has 16 heavy (non-hydrogen) atoms. The fourth-order valence-corrected chi connectivity index (χ4v) is 1.91. The molecule has 0 aromatic heterocycles. The van der Waals surface area contributed by atoms with Crippen LogP contribution in [0.5, 0.6) is 0 Å². The van der Waals surface area contributed by atoms with Gasteiger partial charge in [0.1, 0.15) is 0 Å². The van der Waals surface area contributed by atoms with E-state index in [0.717, 1.165) is 25.0 Å². The van der Waals surface area contributed by atoms with Gasteiger partial charge in [-0.25, -0.2) is 0 Å². The summed E-state index contributed by atoms with van der Waals surface area (Å²) in [6, 6.07) is 9.59. The molecule has 1 aliphatic carbocycles. The highest BCUT2D eigenvalue weighted by molar-refractivity contribution is 5.94. The molecule has 2 rings (SSSR count). The maximum atomic E-state index is 11.8. The number of nitrogens with one attached hydrogen (secondary N) is 1. The maximum Gasteiger partial charge on any atom is 0.251 e. The van der Waals surface area contributed by atoms with Gasteiger partial charge in [-0.15, -0.1) is 0 Å². The molecule has 1 N–H and O–H groups in total. The Balaban J connectivity index is 1.78. The molecule has 0 radical (unpaired) electrons. The molecule has 3 heteroatoms. The first-order chi connectivity index (χ1) is 7.79. The van der Waals surface area contributed by atoms with Crippen molar-refractivity contribution in [1.82, 2.24) is 5.32 Å². The van der Waals surface area contributed by atoms with E-state index < -0.39 is 0 Å². The summed E-state index contributed by atoms with van der Waals surface area (Å²) < 4.78 is 5.44. The second-order valence-electron chi connectivity index (χ2n) is 4.09. The number of hydrogen-bond acceptors (Lipinski definition) is 2. The van der Waals surface area contributed by atoms with Crippen molar-refractivity contribution in [3.8, 4) is 0 Å². The molecular weight excluding hydrogens is 202 g/mol. The SMILES string of the molecule is CCOC1CC(NC(=O)c2ccccc2)C1. The van der Waals surface area contributed by atoms with Crippen molar-refractivity contribution < 1.29 is 9.53 Å². The van der Waals surface area contributed by atoms with Crippen LogP contribution in [0.4, 0.5) is 0 Å². The standard InChI is InChI=1S/C13H17NO2/c1-2-16-12-8-11(9-12)14-13(15)10-6-4-3-5-7-10/h3-7,11-12H,2,8-9H2,1H3,(H,14,15). The largest absolute Gasteiger partial charge is 0.378 e. The number of benzene rings is 1. The van der Waals surface area contributed by atoms with Crippen molar-refractivity contribution in [2.24, 2.45) is 0 Å². The molecule has 0 spiro atoms. The number of carbonyl (C=O) groups excluding carboxylic acids is 1. The van der Waals surface area contributed by atoms with Crippen molar-refractivity contribution in [2.45, 2.75) is 31.9 Å². The highest BCUT2D eigenvalue weighted by Crippen LogP contribution is 2.23. The fourth-order valence-electron chi connectivity index (χ4n) is 1.91. The summed E-state index contributed by atoms with van der Waals surface area (Å²) in [7, 11) is 0. The van der Waals surface area contributed by atoms with Gasteiger partial charge in [-0.2, -0.15) is 0 Å². The number of carbonyl (C=O) groups is 1. The van der Waals surface area contributed by atoms with Gasteiger partial charge >= 0.3 is 0 Å². The van der Waals surface area contributed by atoms with Crippen LogP contribution in [0.25, 0.3) is 0 Å². The van der Waals surface area contributed by atoms with Crippen molar-refractivity contribution >= 4 is 5.91 Å². The molecule has 0 saturated heterocycles. The van der Waals surface area contributed by atoms with Crippen LogP contribution in [-0.4, -0.2) is 24.7 Å². The first kappa shape index (κ1) is 11.1. The average Bonchev–Trinajstić information content (AvgIpc) is 2.27. The molecule has 0 aliphatic heterocycles. The minimum absolute atomic E-state index is 0.0144. The summed E-state index contributed by atoms with van der Waals surface area (Å²) in [6.45, 7) is 2.75. The lowest BCUT2D eigenvalue weighted by Crippen LogP contribution is -2.47. The first-order valence-corrected chi connectivity index (χ1v) is 5.77. The molecular formula is C13H17NO2. The van der Waals surface area contributed by atoms with Crippen molar-refractivity contribution in [3.05, 3.63) is 35.9 Å². The van der Waals surface area contributed by atoms with Crippen LogP contribution in [0.1, 0.15) is 30.1 Å². The maximum absolute atomic E-state index is 11.8. The number of amides is 1. The lowest BCUT2D eigenvalue weighted by molar-refractivity contribution is -0.00862. The highest BCUT2D eigenvalue weighted by atomic mass is 16.5. The molecule has 0 atom stereocenters. The van der Waals surface area contributed by atoms with Gasteiger partial charge in [-0.3, -0.25) is 4.79 Å². The third kappa shape index (κ3) is 2.61. The summed E-state index contributed by atoms with van der Waals surface area (Å²) >= 11 is 0. The van der Waals surface area contributed by atoms with Gasteiger partial charge in [-0.05, 0) is 31.9 Å².